The van der Waals surface area contributed by atoms with Crippen LogP contribution in [0.4, 0.5) is 0 Å². The second kappa shape index (κ2) is 3.79. The van der Waals surface area contributed by atoms with Gasteiger partial charge in [0.2, 0.25) is 0 Å². The molecule has 70 valence electrons. The summed E-state index contributed by atoms with van der Waals surface area (Å²) in [7, 11) is 0. The minimum Gasteiger partial charge on any atom is -0.260 e. The average molecular weight is 240 g/mol. The van der Waals surface area contributed by atoms with Crippen molar-refractivity contribution in [3.63, 3.8) is 0 Å². The van der Waals surface area contributed by atoms with Crippen molar-refractivity contribution in [1.82, 2.24) is 4.98 Å². The van der Waals surface area contributed by atoms with Crippen LogP contribution in [0.2, 0.25) is 0 Å². The van der Waals surface area contributed by atoms with Gasteiger partial charge in [0.1, 0.15) is 0 Å². The van der Waals surface area contributed by atoms with Gasteiger partial charge in [0.25, 0.3) is 0 Å². The summed E-state index contributed by atoms with van der Waals surface area (Å²) in [6.45, 7) is 2.05. The van der Waals surface area contributed by atoms with Gasteiger partial charge in [-0.05, 0) is 53.2 Å². The minimum atomic E-state index is 1.01. The Morgan fingerprint density at radius 2 is 2.31 bits per heavy atom. The molecule has 1 aromatic heterocycles. The first-order chi connectivity index (χ1) is 6.25. The second-order valence-electron chi connectivity index (χ2n) is 3.90. The highest BCUT2D eigenvalue weighted by Gasteiger charge is 2.20. The molecule has 1 nitrogen and oxygen atoms in total. The predicted molar refractivity (Wildman–Crippen MR) is 57.7 cm³/mol. The molecule has 0 radical (unpaired) electrons. The molecule has 0 amide bonds. The molecule has 1 heterocycles. The molecule has 1 aliphatic rings. The smallest absolute Gasteiger partial charge is 0.0416 e. The van der Waals surface area contributed by atoms with E-state index in [1.807, 2.05) is 13.1 Å². The molecule has 0 unspecified atom stereocenters. The molecule has 0 aromatic carbocycles. The third kappa shape index (κ3) is 2.53. The lowest BCUT2D eigenvalue weighted by Gasteiger charge is -2.04. The van der Waals surface area contributed by atoms with Gasteiger partial charge in [-0.15, -0.1) is 0 Å². The topological polar surface area (TPSA) is 12.9 Å². The standard InChI is InChI=1S/C11H14BrN/c1-8-6-10(11(12)7-13-8)5-4-9-2-3-9/h6-7,9H,2-5H2,1H3. The van der Waals surface area contributed by atoms with E-state index < -0.39 is 0 Å². The molecule has 13 heavy (non-hydrogen) atoms. The Kier molecular flexibility index (Phi) is 2.68. The predicted octanol–water partition coefficient (Wildman–Crippen LogP) is 3.50. The van der Waals surface area contributed by atoms with Crippen molar-refractivity contribution in [2.24, 2.45) is 5.92 Å². The number of hydrogen-bond donors (Lipinski definition) is 0. The Morgan fingerprint density at radius 3 is 3.00 bits per heavy atom. The van der Waals surface area contributed by atoms with E-state index >= 15 is 0 Å². The van der Waals surface area contributed by atoms with E-state index in [-0.39, 0.29) is 0 Å². The Hall–Kier alpha value is -0.370. The van der Waals surface area contributed by atoms with Crippen LogP contribution in [-0.4, -0.2) is 4.98 Å². The van der Waals surface area contributed by atoms with Crippen LogP contribution in [-0.2, 0) is 6.42 Å². The molecule has 1 aliphatic carbocycles. The maximum Gasteiger partial charge on any atom is 0.0416 e. The third-order valence-electron chi connectivity index (χ3n) is 2.59. The van der Waals surface area contributed by atoms with E-state index in [4.69, 9.17) is 0 Å². The summed E-state index contributed by atoms with van der Waals surface area (Å²) in [4.78, 5) is 4.24. The molecular formula is C11H14BrN. The maximum atomic E-state index is 4.24. The zero-order chi connectivity index (χ0) is 9.26. The Balaban J connectivity index is 2.03. The molecular weight excluding hydrogens is 226 g/mol. The summed E-state index contributed by atoms with van der Waals surface area (Å²) >= 11 is 3.54. The van der Waals surface area contributed by atoms with E-state index in [2.05, 4.69) is 27.0 Å². The van der Waals surface area contributed by atoms with Crippen molar-refractivity contribution in [2.45, 2.75) is 32.6 Å². The number of aryl methyl sites for hydroxylation is 2. The minimum absolute atomic E-state index is 1.01. The number of pyridine rings is 1. The fraction of sp³-hybridized carbons (Fsp3) is 0.545. The SMILES string of the molecule is Cc1cc(CCC2CC2)c(Br)cn1. The highest BCUT2D eigenvalue weighted by atomic mass is 79.9. The highest BCUT2D eigenvalue weighted by molar-refractivity contribution is 9.10. The Labute approximate surface area is 87.7 Å². The summed E-state index contributed by atoms with van der Waals surface area (Å²) in [5, 5.41) is 0. The van der Waals surface area contributed by atoms with Crippen molar-refractivity contribution < 1.29 is 0 Å². The first-order valence-corrected chi connectivity index (χ1v) is 5.66. The van der Waals surface area contributed by atoms with Crippen molar-refractivity contribution in [1.29, 1.82) is 0 Å². The zero-order valence-corrected chi connectivity index (χ0v) is 9.47. The average Bonchev–Trinajstić information content (AvgIpc) is 2.90. The molecule has 1 fully saturated rings. The highest BCUT2D eigenvalue weighted by Crippen LogP contribution is 2.34. The van der Waals surface area contributed by atoms with Crippen molar-refractivity contribution >= 4 is 15.9 Å². The van der Waals surface area contributed by atoms with Crippen LogP contribution in [0.5, 0.6) is 0 Å². The van der Waals surface area contributed by atoms with Crippen LogP contribution in [0, 0.1) is 12.8 Å². The second-order valence-corrected chi connectivity index (χ2v) is 4.75. The molecule has 0 saturated heterocycles. The van der Waals surface area contributed by atoms with Gasteiger partial charge >= 0.3 is 0 Å². The molecule has 2 heteroatoms. The van der Waals surface area contributed by atoms with Crippen LogP contribution < -0.4 is 0 Å². The number of rotatable bonds is 3. The number of halogens is 1. The Morgan fingerprint density at radius 1 is 1.54 bits per heavy atom. The van der Waals surface area contributed by atoms with Gasteiger partial charge in [-0.25, -0.2) is 0 Å². The van der Waals surface area contributed by atoms with Gasteiger partial charge in [-0.2, -0.15) is 0 Å². The zero-order valence-electron chi connectivity index (χ0n) is 7.89. The first kappa shape index (κ1) is 9.20. The van der Waals surface area contributed by atoms with E-state index in [9.17, 15) is 0 Å². The van der Waals surface area contributed by atoms with Gasteiger partial charge < -0.3 is 0 Å². The van der Waals surface area contributed by atoms with Crippen LogP contribution >= 0.6 is 15.9 Å². The lowest BCUT2D eigenvalue weighted by atomic mass is 10.1. The molecule has 1 aromatic rings. The van der Waals surface area contributed by atoms with Gasteiger partial charge in [-0.1, -0.05) is 12.8 Å². The van der Waals surface area contributed by atoms with Crippen molar-refractivity contribution in [3.8, 4) is 0 Å². The van der Waals surface area contributed by atoms with Crippen molar-refractivity contribution in [2.75, 3.05) is 0 Å². The van der Waals surface area contributed by atoms with Gasteiger partial charge in [0.15, 0.2) is 0 Å². The molecule has 1 saturated carbocycles. The van der Waals surface area contributed by atoms with E-state index in [1.54, 1.807) is 0 Å². The fourth-order valence-corrected chi connectivity index (χ4v) is 1.97. The summed E-state index contributed by atoms with van der Waals surface area (Å²) in [6.07, 6.45) is 7.36. The number of aromatic nitrogens is 1. The van der Waals surface area contributed by atoms with E-state index in [0.717, 1.165) is 11.6 Å². The van der Waals surface area contributed by atoms with Crippen molar-refractivity contribution in [3.05, 3.63) is 28.0 Å². The molecule has 0 spiro atoms. The van der Waals surface area contributed by atoms with Crippen LogP contribution in [0.15, 0.2) is 16.7 Å². The largest absolute Gasteiger partial charge is 0.260 e. The molecule has 0 aliphatic heterocycles. The molecule has 2 rings (SSSR count). The summed E-state index contributed by atoms with van der Waals surface area (Å²) < 4.78 is 1.17. The monoisotopic (exact) mass is 239 g/mol. The first-order valence-electron chi connectivity index (χ1n) is 4.87. The lowest BCUT2D eigenvalue weighted by molar-refractivity contribution is 0.723. The molecule has 0 bridgehead atoms. The third-order valence-corrected chi connectivity index (χ3v) is 3.30. The van der Waals surface area contributed by atoms with Crippen LogP contribution in [0.3, 0.4) is 0 Å². The van der Waals surface area contributed by atoms with E-state index in [0.29, 0.717) is 0 Å². The normalized spacial score (nSPS) is 16.2. The maximum absolute atomic E-state index is 4.24. The van der Waals surface area contributed by atoms with Crippen LogP contribution in [0.1, 0.15) is 30.5 Å². The number of nitrogens with zero attached hydrogens (tertiary/aromatic N) is 1. The fourth-order valence-electron chi connectivity index (χ4n) is 1.56. The van der Waals surface area contributed by atoms with Gasteiger partial charge in [-0.3, -0.25) is 4.98 Å². The summed E-state index contributed by atoms with van der Waals surface area (Å²) in [5.41, 5.74) is 2.54. The molecule has 0 N–H and O–H groups in total. The quantitative estimate of drug-likeness (QED) is 0.787. The van der Waals surface area contributed by atoms with Gasteiger partial charge in [0, 0.05) is 16.4 Å². The van der Waals surface area contributed by atoms with Gasteiger partial charge in [0.05, 0.1) is 0 Å². The summed E-state index contributed by atoms with van der Waals surface area (Å²) in [5.74, 6) is 1.01. The Bertz CT molecular complexity index is 305. The van der Waals surface area contributed by atoms with Crippen LogP contribution in [0.25, 0.3) is 0 Å². The summed E-state index contributed by atoms with van der Waals surface area (Å²) in [6, 6.07) is 2.19. The lowest BCUT2D eigenvalue weighted by Crippen LogP contribution is -1.91. The van der Waals surface area contributed by atoms with E-state index in [1.165, 1.54) is 35.7 Å². The number of hydrogen-bond acceptors (Lipinski definition) is 1. The molecule has 0 atom stereocenters.